The molecule has 2 aliphatic rings. The van der Waals surface area contributed by atoms with Crippen LogP contribution in [0.15, 0.2) is 35.2 Å². The van der Waals surface area contributed by atoms with E-state index >= 15 is 0 Å². The summed E-state index contributed by atoms with van der Waals surface area (Å²) in [6, 6.07) is 9.61. The average Bonchev–Trinajstić information content (AvgIpc) is 3.40. The summed E-state index contributed by atoms with van der Waals surface area (Å²) in [5.74, 6) is -1.21. The van der Waals surface area contributed by atoms with Gasteiger partial charge in [0.05, 0.1) is 10.8 Å². The summed E-state index contributed by atoms with van der Waals surface area (Å²) >= 11 is 3.12. The van der Waals surface area contributed by atoms with E-state index in [0.717, 1.165) is 29.8 Å². The largest absolute Gasteiger partial charge is 0.312 e. The topological polar surface area (TPSA) is 78.5 Å². The van der Waals surface area contributed by atoms with Crippen molar-refractivity contribution < 1.29 is 14.4 Å². The van der Waals surface area contributed by atoms with Crippen molar-refractivity contribution >= 4 is 46.5 Å². The molecule has 1 saturated heterocycles. The molecule has 8 heteroatoms. The Labute approximate surface area is 171 Å². The van der Waals surface area contributed by atoms with E-state index in [4.69, 9.17) is 0 Å². The first-order valence-electron chi connectivity index (χ1n) is 9.21. The molecule has 0 radical (unpaired) electrons. The standard InChI is InChI=1S/C20H21N3O3S2/c1-27-15-7-5-14(6-8-15)23-11-13(10-18(23)24)19(25)21-22-20(26)17-9-12-3-2-4-16(12)28-17/h5-9,13H,2-4,10-11H2,1H3,(H,21,25)(H,22,26)/t13-/m1/s1. The molecule has 0 spiro atoms. The lowest BCUT2D eigenvalue weighted by atomic mass is 10.1. The molecule has 2 N–H and O–H groups in total. The highest BCUT2D eigenvalue weighted by molar-refractivity contribution is 7.98. The normalized spacial score (nSPS) is 18.2. The van der Waals surface area contributed by atoms with Gasteiger partial charge in [0.1, 0.15) is 0 Å². The molecule has 0 unspecified atom stereocenters. The van der Waals surface area contributed by atoms with Crippen LogP contribution in [0.5, 0.6) is 0 Å². The average molecular weight is 416 g/mol. The molecule has 28 heavy (non-hydrogen) atoms. The van der Waals surface area contributed by atoms with Crippen molar-refractivity contribution in [3.63, 3.8) is 0 Å². The number of nitrogens with one attached hydrogen (secondary N) is 2. The minimum atomic E-state index is -0.485. The van der Waals surface area contributed by atoms with Crippen molar-refractivity contribution in [1.29, 1.82) is 0 Å². The molecular weight excluding hydrogens is 394 g/mol. The molecule has 0 bridgehead atoms. The highest BCUT2D eigenvalue weighted by Crippen LogP contribution is 2.30. The Morgan fingerprint density at radius 1 is 1.18 bits per heavy atom. The lowest BCUT2D eigenvalue weighted by molar-refractivity contribution is -0.126. The summed E-state index contributed by atoms with van der Waals surface area (Å²) in [6.07, 6.45) is 5.32. The summed E-state index contributed by atoms with van der Waals surface area (Å²) in [6.45, 7) is 0.312. The minimum Gasteiger partial charge on any atom is -0.312 e. The zero-order valence-electron chi connectivity index (χ0n) is 15.5. The molecular formula is C20H21N3O3S2. The van der Waals surface area contributed by atoms with E-state index in [2.05, 4.69) is 10.9 Å². The van der Waals surface area contributed by atoms with Crippen LogP contribution < -0.4 is 15.8 Å². The van der Waals surface area contributed by atoms with Crippen molar-refractivity contribution in [2.75, 3.05) is 17.7 Å². The first kappa shape index (κ1) is 19.0. The number of hydrogen-bond acceptors (Lipinski definition) is 5. The third kappa shape index (κ3) is 3.79. The van der Waals surface area contributed by atoms with Gasteiger partial charge in [-0.3, -0.25) is 25.2 Å². The van der Waals surface area contributed by atoms with Crippen LogP contribution in [0.1, 0.15) is 33.0 Å². The van der Waals surface area contributed by atoms with E-state index in [1.54, 1.807) is 16.7 Å². The van der Waals surface area contributed by atoms with Gasteiger partial charge >= 0.3 is 0 Å². The number of thiophene rings is 1. The number of hydrogen-bond donors (Lipinski definition) is 2. The lowest BCUT2D eigenvalue weighted by Crippen LogP contribution is -2.45. The van der Waals surface area contributed by atoms with Crippen LogP contribution in [0.2, 0.25) is 0 Å². The van der Waals surface area contributed by atoms with E-state index in [1.165, 1.54) is 21.8 Å². The fourth-order valence-corrected chi connectivity index (χ4v) is 5.17. The van der Waals surface area contributed by atoms with Gasteiger partial charge in [0.2, 0.25) is 11.8 Å². The number of fused-ring (bicyclic) bond motifs is 1. The van der Waals surface area contributed by atoms with Gasteiger partial charge in [-0.1, -0.05) is 0 Å². The third-order valence-electron chi connectivity index (χ3n) is 5.15. The van der Waals surface area contributed by atoms with Crippen molar-refractivity contribution in [3.8, 4) is 0 Å². The summed E-state index contributed by atoms with van der Waals surface area (Å²) in [5, 5.41) is 0. The predicted molar refractivity (Wildman–Crippen MR) is 111 cm³/mol. The Morgan fingerprint density at radius 2 is 1.96 bits per heavy atom. The molecule has 1 aliphatic carbocycles. The summed E-state index contributed by atoms with van der Waals surface area (Å²) in [4.78, 5) is 41.7. The first-order valence-corrected chi connectivity index (χ1v) is 11.3. The number of benzene rings is 1. The number of aryl methyl sites for hydroxylation is 2. The van der Waals surface area contributed by atoms with E-state index in [0.29, 0.717) is 11.4 Å². The second-order valence-corrected chi connectivity index (χ2v) is 8.98. The minimum absolute atomic E-state index is 0.0851. The quantitative estimate of drug-likeness (QED) is 0.595. The zero-order chi connectivity index (χ0) is 19.7. The maximum Gasteiger partial charge on any atom is 0.279 e. The Hall–Kier alpha value is -2.32. The second-order valence-electron chi connectivity index (χ2n) is 6.96. The third-order valence-corrected chi connectivity index (χ3v) is 7.13. The van der Waals surface area contributed by atoms with Crippen molar-refractivity contribution in [2.24, 2.45) is 5.92 Å². The number of hydrazine groups is 1. The van der Waals surface area contributed by atoms with Gasteiger partial charge < -0.3 is 4.90 Å². The molecule has 2 heterocycles. The van der Waals surface area contributed by atoms with Gasteiger partial charge in [-0.05, 0) is 61.4 Å². The van der Waals surface area contributed by atoms with Crippen LogP contribution in [0.25, 0.3) is 0 Å². The zero-order valence-corrected chi connectivity index (χ0v) is 17.1. The summed E-state index contributed by atoms with van der Waals surface area (Å²) in [7, 11) is 0. The lowest BCUT2D eigenvalue weighted by Gasteiger charge is -2.17. The molecule has 2 aromatic rings. The van der Waals surface area contributed by atoms with Crippen LogP contribution >= 0.6 is 23.1 Å². The molecule has 1 aromatic carbocycles. The fourth-order valence-electron chi connectivity index (χ4n) is 3.62. The molecule has 3 amide bonds. The molecule has 1 atom stereocenters. The van der Waals surface area contributed by atoms with Gasteiger partial charge in [0.15, 0.2) is 0 Å². The van der Waals surface area contributed by atoms with Gasteiger partial charge in [-0.15, -0.1) is 23.1 Å². The number of nitrogens with zero attached hydrogens (tertiary/aromatic N) is 1. The van der Waals surface area contributed by atoms with E-state index in [-0.39, 0.29) is 24.1 Å². The highest BCUT2D eigenvalue weighted by atomic mass is 32.2. The SMILES string of the molecule is CSc1ccc(N2C[C@H](C(=O)NNC(=O)c3cc4c(s3)CCC4)CC2=O)cc1. The van der Waals surface area contributed by atoms with Crippen molar-refractivity contribution in [3.05, 3.63) is 45.6 Å². The van der Waals surface area contributed by atoms with Gasteiger partial charge in [0.25, 0.3) is 5.91 Å². The molecule has 4 rings (SSSR count). The molecule has 146 valence electrons. The van der Waals surface area contributed by atoms with Crippen LogP contribution in [0.4, 0.5) is 5.69 Å². The van der Waals surface area contributed by atoms with Crippen LogP contribution in [-0.4, -0.2) is 30.5 Å². The van der Waals surface area contributed by atoms with Crippen LogP contribution in [0, 0.1) is 5.92 Å². The molecule has 0 saturated carbocycles. The predicted octanol–water partition coefficient (Wildman–Crippen LogP) is 2.77. The van der Waals surface area contributed by atoms with E-state index < -0.39 is 5.92 Å². The van der Waals surface area contributed by atoms with Crippen molar-refractivity contribution in [2.45, 2.75) is 30.6 Å². The molecule has 6 nitrogen and oxygen atoms in total. The van der Waals surface area contributed by atoms with Gasteiger partial charge in [-0.25, -0.2) is 0 Å². The van der Waals surface area contributed by atoms with E-state index in [1.807, 2.05) is 36.6 Å². The number of carbonyl (C=O) groups excluding carboxylic acids is 3. The second kappa shape index (κ2) is 7.97. The van der Waals surface area contributed by atoms with Gasteiger partial charge in [-0.2, -0.15) is 0 Å². The van der Waals surface area contributed by atoms with Crippen molar-refractivity contribution in [1.82, 2.24) is 10.9 Å². The molecule has 1 aromatic heterocycles. The Morgan fingerprint density at radius 3 is 2.68 bits per heavy atom. The Kier molecular flexibility index (Phi) is 5.41. The number of anilines is 1. The smallest absolute Gasteiger partial charge is 0.279 e. The summed E-state index contributed by atoms with van der Waals surface area (Å²) < 4.78 is 0. The Bertz CT molecular complexity index is 902. The monoisotopic (exact) mass is 415 g/mol. The van der Waals surface area contributed by atoms with Gasteiger partial charge in [0, 0.05) is 28.4 Å². The Balaban J connectivity index is 1.33. The number of rotatable bonds is 4. The van der Waals surface area contributed by atoms with Crippen LogP contribution in [-0.2, 0) is 22.4 Å². The fraction of sp³-hybridized carbons (Fsp3) is 0.350. The van der Waals surface area contributed by atoms with E-state index in [9.17, 15) is 14.4 Å². The number of amides is 3. The van der Waals surface area contributed by atoms with Crippen LogP contribution in [0.3, 0.4) is 0 Å². The maximum absolute atomic E-state index is 12.4. The maximum atomic E-state index is 12.4. The molecule has 1 fully saturated rings. The first-order chi connectivity index (χ1) is 13.5. The number of thioether (sulfide) groups is 1. The summed E-state index contributed by atoms with van der Waals surface area (Å²) in [5.41, 5.74) is 7.00. The highest BCUT2D eigenvalue weighted by Gasteiger charge is 2.35. The number of carbonyl (C=O) groups is 3. The molecule has 1 aliphatic heterocycles.